The number of pyridine rings is 3. The number of allylic oxidation sites excluding steroid dienone is 1. The SMILES string of the molecule is CC.Cc1cncc(-c2c(C(=O)/C=C/c3ccccn3)c(=O)[nH]c3ccc(Cl)cc23)c1. The maximum Gasteiger partial charge on any atom is 0.260 e. The minimum atomic E-state index is -0.466. The van der Waals surface area contributed by atoms with Crippen LogP contribution in [0.3, 0.4) is 0 Å². The van der Waals surface area contributed by atoms with Crippen molar-refractivity contribution in [1.82, 2.24) is 15.0 Å². The molecule has 6 heteroatoms. The summed E-state index contributed by atoms with van der Waals surface area (Å²) in [6, 6.07) is 12.4. The Morgan fingerprint density at radius 3 is 2.61 bits per heavy atom. The number of aromatic nitrogens is 3. The van der Waals surface area contributed by atoms with Gasteiger partial charge in [0.2, 0.25) is 0 Å². The van der Waals surface area contributed by atoms with E-state index in [0.29, 0.717) is 32.7 Å². The minimum Gasteiger partial charge on any atom is -0.321 e. The van der Waals surface area contributed by atoms with Gasteiger partial charge in [-0.3, -0.25) is 19.6 Å². The first-order valence-electron chi connectivity index (χ1n) is 9.94. The molecule has 0 aliphatic carbocycles. The smallest absolute Gasteiger partial charge is 0.260 e. The van der Waals surface area contributed by atoms with E-state index in [1.54, 1.807) is 55.0 Å². The average Bonchev–Trinajstić information content (AvgIpc) is 2.79. The van der Waals surface area contributed by atoms with Crippen molar-refractivity contribution in [3.8, 4) is 11.1 Å². The highest BCUT2D eigenvalue weighted by atomic mass is 35.5. The number of fused-ring (bicyclic) bond motifs is 1. The van der Waals surface area contributed by atoms with Gasteiger partial charge in [0.05, 0.1) is 11.3 Å². The lowest BCUT2D eigenvalue weighted by Crippen LogP contribution is -2.18. The summed E-state index contributed by atoms with van der Waals surface area (Å²) in [5, 5.41) is 1.19. The van der Waals surface area contributed by atoms with Crippen LogP contribution in [0, 0.1) is 6.92 Å². The van der Waals surface area contributed by atoms with Crippen LogP contribution >= 0.6 is 11.6 Å². The molecule has 3 aromatic heterocycles. The van der Waals surface area contributed by atoms with E-state index in [4.69, 9.17) is 11.6 Å². The minimum absolute atomic E-state index is 0.0411. The third-order valence-electron chi connectivity index (χ3n) is 4.48. The van der Waals surface area contributed by atoms with Crippen molar-refractivity contribution >= 4 is 34.4 Å². The van der Waals surface area contributed by atoms with Gasteiger partial charge in [0.1, 0.15) is 0 Å². The highest BCUT2D eigenvalue weighted by Crippen LogP contribution is 2.31. The second-order valence-electron chi connectivity index (χ2n) is 6.60. The maximum absolute atomic E-state index is 13.1. The van der Waals surface area contributed by atoms with Crippen molar-refractivity contribution in [2.45, 2.75) is 20.8 Å². The highest BCUT2D eigenvalue weighted by Gasteiger charge is 2.20. The fraction of sp³-hybridized carbons (Fsp3) is 0.120. The second kappa shape index (κ2) is 9.96. The fourth-order valence-electron chi connectivity index (χ4n) is 3.21. The topological polar surface area (TPSA) is 75.7 Å². The van der Waals surface area contributed by atoms with Crippen LogP contribution < -0.4 is 5.56 Å². The van der Waals surface area contributed by atoms with Gasteiger partial charge < -0.3 is 4.98 Å². The molecule has 4 rings (SSSR count). The Bertz CT molecular complexity index is 1310. The molecule has 4 aromatic rings. The largest absolute Gasteiger partial charge is 0.321 e. The fourth-order valence-corrected chi connectivity index (χ4v) is 3.38. The van der Waals surface area contributed by atoms with Crippen LogP contribution in [0.5, 0.6) is 0 Å². The molecule has 5 nitrogen and oxygen atoms in total. The number of aryl methyl sites for hydroxylation is 1. The molecule has 0 unspecified atom stereocenters. The molecular weight excluding hydrogens is 410 g/mol. The Labute approximate surface area is 185 Å². The molecule has 0 saturated carbocycles. The van der Waals surface area contributed by atoms with E-state index in [9.17, 15) is 9.59 Å². The number of aromatic amines is 1. The number of halogens is 1. The molecule has 31 heavy (non-hydrogen) atoms. The van der Waals surface area contributed by atoms with Crippen molar-refractivity contribution in [2.75, 3.05) is 0 Å². The highest BCUT2D eigenvalue weighted by molar-refractivity contribution is 6.31. The third-order valence-corrected chi connectivity index (χ3v) is 4.71. The third kappa shape index (κ3) is 4.95. The Balaban J connectivity index is 0.00000132. The molecule has 0 aliphatic heterocycles. The van der Waals surface area contributed by atoms with Crippen LogP contribution in [-0.4, -0.2) is 20.7 Å². The van der Waals surface area contributed by atoms with E-state index < -0.39 is 11.3 Å². The zero-order chi connectivity index (χ0) is 22.4. The summed E-state index contributed by atoms with van der Waals surface area (Å²) < 4.78 is 0. The molecule has 0 amide bonds. The molecule has 0 bridgehead atoms. The van der Waals surface area contributed by atoms with Crippen LogP contribution in [0.4, 0.5) is 0 Å². The maximum atomic E-state index is 13.1. The molecule has 0 atom stereocenters. The summed E-state index contributed by atoms with van der Waals surface area (Å²) in [6.07, 6.45) is 7.94. The van der Waals surface area contributed by atoms with Gasteiger partial charge >= 0.3 is 0 Å². The van der Waals surface area contributed by atoms with E-state index in [0.717, 1.165) is 5.56 Å². The van der Waals surface area contributed by atoms with Gasteiger partial charge in [0, 0.05) is 45.6 Å². The van der Waals surface area contributed by atoms with Gasteiger partial charge in [0.25, 0.3) is 5.56 Å². The van der Waals surface area contributed by atoms with Crippen LogP contribution in [0.1, 0.15) is 35.5 Å². The van der Waals surface area contributed by atoms with Crippen molar-refractivity contribution in [2.24, 2.45) is 0 Å². The molecule has 156 valence electrons. The number of nitrogens with zero attached hydrogens (tertiary/aromatic N) is 2. The van der Waals surface area contributed by atoms with Crippen LogP contribution in [-0.2, 0) is 0 Å². The number of nitrogens with one attached hydrogen (secondary N) is 1. The molecule has 0 fully saturated rings. The predicted molar refractivity (Wildman–Crippen MR) is 126 cm³/mol. The van der Waals surface area contributed by atoms with Gasteiger partial charge in [-0.05, 0) is 61.0 Å². The zero-order valence-electron chi connectivity index (χ0n) is 17.5. The second-order valence-corrected chi connectivity index (χ2v) is 7.03. The van der Waals surface area contributed by atoms with Gasteiger partial charge in [-0.15, -0.1) is 0 Å². The van der Waals surface area contributed by atoms with E-state index in [2.05, 4.69) is 15.0 Å². The van der Waals surface area contributed by atoms with Gasteiger partial charge in [-0.1, -0.05) is 31.5 Å². The lowest BCUT2D eigenvalue weighted by Gasteiger charge is -2.12. The number of carbonyl (C=O) groups is 1. The molecule has 0 aliphatic rings. The summed E-state index contributed by atoms with van der Waals surface area (Å²) in [7, 11) is 0. The zero-order valence-corrected chi connectivity index (χ0v) is 18.3. The Kier molecular flexibility index (Phi) is 7.11. The van der Waals surface area contributed by atoms with Crippen molar-refractivity contribution in [1.29, 1.82) is 0 Å². The summed E-state index contributed by atoms with van der Waals surface area (Å²) in [5.74, 6) is -0.421. The quantitative estimate of drug-likeness (QED) is 0.324. The number of ketones is 1. The summed E-state index contributed by atoms with van der Waals surface area (Å²) >= 11 is 6.21. The summed E-state index contributed by atoms with van der Waals surface area (Å²) in [4.78, 5) is 37.1. The van der Waals surface area contributed by atoms with Gasteiger partial charge in [-0.25, -0.2) is 0 Å². The Morgan fingerprint density at radius 2 is 1.90 bits per heavy atom. The number of carbonyl (C=O) groups excluding carboxylic acids is 1. The molecule has 1 N–H and O–H groups in total. The Morgan fingerprint density at radius 1 is 1.10 bits per heavy atom. The van der Waals surface area contributed by atoms with E-state index in [1.165, 1.54) is 6.08 Å². The molecular formula is C25H22ClN3O2. The standard InChI is InChI=1S/C23H16ClN3O2.C2H6/c1-14-10-15(13-25-12-14)21-18-11-16(24)5-7-19(18)27-23(29)22(21)20(28)8-6-17-4-2-3-9-26-17;1-2/h2-13H,1H3,(H,27,29);1-2H3/b8-6+;. The molecule has 0 spiro atoms. The monoisotopic (exact) mass is 431 g/mol. The van der Waals surface area contributed by atoms with Crippen LogP contribution in [0.15, 0.2) is 71.9 Å². The van der Waals surface area contributed by atoms with Crippen molar-refractivity contribution in [3.63, 3.8) is 0 Å². The number of rotatable bonds is 4. The van der Waals surface area contributed by atoms with Crippen molar-refractivity contribution in [3.05, 3.63) is 99.3 Å². The number of hydrogen-bond acceptors (Lipinski definition) is 4. The predicted octanol–water partition coefficient (Wildman–Crippen LogP) is 5.87. The average molecular weight is 432 g/mol. The van der Waals surface area contributed by atoms with Gasteiger partial charge in [-0.2, -0.15) is 0 Å². The first-order valence-corrected chi connectivity index (χ1v) is 10.3. The van der Waals surface area contributed by atoms with Gasteiger partial charge in [0.15, 0.2) is 5.78 Å². The van der Waals surface area contributed by atoms with E-state index >= 15 is 0 Å². The number of hydrogen-bond donors (Lipinski definition) is 1. The molecule has 3 heterocycles. The molecule has 0 saturated heterocycles. The first kappa shape index (κ1) is 22.1. The first-order chi connectivity index (χ1) is 15.0. The number of benzene rings is 1. The molecule has 1 aromatic carbocycles. The summed E-state index contributed by atoms with van der Waals surface area (Å²) in [6.45, 7) is 5.90. The van der Waals surface area contributed by atoms with E-state index in [-0.39, 0.29) is 5.56 Å². The normalized spacial score (nSPS) is 10.7. The Hall–Kier alpha value is -3.57. The summed E-state index contributed by atoms with van der Waals surface area (Å²) in [5.41, 5.74) is 2.91. The van der Waals surface area contributed by atoms with Crippen LogP contribution in [0.2, 0.25) is 5.02 Å². The lowest BCUT2D eigenvalue weighted by molar-refractivity contribution is 0.104. The molecule has 0 radical (unpaired) electrons. The van der Waals surface area contributed by atoms with E-state index in [1.807, 2.05) is 32.9 Å². The lowest BCUT2D eigenvalue weighted by atomic mass is 9.94. The van der Waals surface area contributed by atoms with Crippen molar-refractivity contribution < 1.29 is 4.79 Å². The van der Waals surface area contributed by atoms with Crippen LogP contribution in [0.25, 0.3) is 28.1 Å². The number of H-pyrrole nitrogens is 1.